The Hall–Kier alpha value is -8.44. The van der Waals surface area contributed by atoms with Gasteiger partial charge in [-0.25, -0.2) is 70.2 Å². The minimum atomic E-state index is -2.56. The van der Waals surface area contributed by atoms with Crippen LogP contribution in [0.25, 0.3) is 43.1 Å². The molecule has 0 saturated heterocycles. The van der Waals surface area contributed by atoms with Gasteiger partial charge in [-0.1, -0.05) is 12.1 Å². The number of fused-ring (bicyclic) bond motifs is 10. The minimum absolute atomic E-state index is 0.618. The lowest BCUT2D eigenvalue weighted by molar-refractivity contribution is 0.0935. The maximum Gasteiger partial charge on any atom is 0.251 e. The zero-order valence-corrected chi connectivity index (χ0v) is 35.1. The Kier molecular flexibility index (Phi) is 12.0. The van der Waals surface area contributed by atoms with Gasteiger partial charge in [0.1, 0.15) is 0 Å². The molecule has 24 heteroatoms. The van der Waals surface area contributed by atoms with Crippen molar-refractivity contribution in [3.05, 3.63) is 186 Å². The molecule has 0 fully saturated rings. The minimum Gasteiger partial charge on any atom is -0.348 e. The first kappa shape index (κ1) is 48.6. The van der Waals surface area contributed by atoms with Crippen molar-refractivity contribution in [1.82, 2.24) is 21.3 Å². The number of benzene rings is 8. The number of rotatable bonds is 0. The van der Waals surface area contributed by atoms with E-state index >= 15 is 70.2 Å². The molecule has 0 aromatic heterocycles. The molecule has 1 aliphatic heterocycles. The molecule has 8 bridgehead atoms. The van der Waals surface area contributed by atoms with Gasteiger partial charge in [0.15, 0.2) is 93.1 Å². The summed E-state index contributed by atoms with van der Waals surface area (Å²) in [5.74, 6) is -44.7. The van der Waals surface area contributed by atoms with Crippen molar-refractivity contribution in [2.75, 3.05) is 0 Å². The summed E-state index contributed by atoms with van der Waals surface area (Å²) in [7, 11) is 0. The van der Waals surface area contributed by atoms with Gasteiger partial charge in [-0.3, -0.25) is 19.2 Å². The van der Waals surface area contributed by atoms with Crippen molar-refractivity contribution >= 4 is 66.7 Å². The summed E-state index contributed by atoms with van der Waals surface area (Å²) in [6.07, 6.45) is 0. The number of nitrogens with one attached hydrogen (secondary N) is 4. The van der Waals surface area contributed by atoms with Crippen LogP contribution >= 0.6 is 0 Å². The second-order valence-electron chi connectivity index (χ2n) is 15.8. The lowest BCUT2D eigenvalue weighted by Crippen LogP contribution is -2.27. The van der Waals surface area contributed by atoms with Crippen molar-refractivity contribution in [3.8, 4) is 0 Å². The fraction of sp³-hybridized carbons (Fsp3) is 0.0833. The molecule has 8 aromatic carbocycles. The van der Waals surface area contributed by atoms with Gasteiger partial charge in [0, 0.05) is 91.5 Å². The van der Waals surface area contributed by atoms with E-state index in [0.717, 1.165) is 36.4 Å². The van der Waals surface area contributed by atoms with Crippen LogP contribution in [0.4, 0.5) is 70.2 Å². The van der Waals surface area contributed by atoms with Crippen LogP contribution in [0.5, 0.6) is 0 Å². The Labute approximate surface area is 389 Å². The van der Waals surface area contributed by atoms with Gasteiger partial charge in [-0.15, -0.1) is 0 Å². The second-order valence-corrected chi connectivity index (χ2v) is 15.8. The monoisotopic (exact) mass is 1020 g/mol. The molecule has 0 unspecified atom stereocenters. The normalized spacial score (nSPS) is 13.9. The molecule has 4 N–H and O–H groups in total. The third kappa shape index (κ3) is 7.33. The highest BCUT2D eigenvalue weighted by atomic mass is 19.2. The maximum atomic E-state index is 16.0. The predicted molar refractivity (Wildman–Crippen MR) is 220 cm³/mol. The van der Waals surface area contributed by atoms with Crippen LogP contribution in [0, 0.1) is 93.1 Å². The van der Waals surface area contributed by atoms with E-state index < -0.39 is 230 Å². The van der Waals surface area contributed by atoms with Gasteiger partial charge >= 0.3 is 0 Å². The topological polar surface area (TPSA) is 116 Å². The summed E-state index contributed by atoms with van der Waals surface area (Å²) in [6.45, 7) is -5.61. The Balaban J connectivity index is 1.28. The highest BCUT2D eigenvalue weighted by Crippen LogP contribution is 2.44. The Morgan fingerprint density at radius 2 is 0.403 bits per heavy atom. The van der Waals surface area contributed by atoms with E-state index in [1.165, 1.54) is 0 Å². The van der Waals surface area contributed by atoms with Crippen LogP contribution in [0.3, 0.4) is 0 Å². The average molecular weight is 1020 g/mol. The third-order valence-corrected chi connectivity index (χ3v) is 12.0. The number of amides is 4. The van der Waals surface area contributed by atoms with Gasteiger partial charge in [0.25, 0.3) is 23.6 Å². The van der Waals surface area contributed by atoms with Gasteiger partial charge < -0.3 is 21.3 Å². The molecule has 0 spiro atoms. The molecule has 72 heavy (non-hydrogen) atoms. The van der Waals surface area contributed by atoms with Crippen molar-refractivity contribution in [1.29, 1.82) is 0 Å². The highest BCUT2D eigenvalue weighted by molar-refractivity contribution is 6.10. The van der Waals surface area contributed by atoms with Crippen LogP contribution in [-0.4, -0.2) is 23.6 Å². The molecule has 1 aliphatic rings. The fourth-order valence-corrected chi connectivity index (χ4v) is 8.69. The summed E-state index contributed by atoms with van der Waals surface area (Å²) >= 11 is 0. The van der Waals surface area contributed by atoms with Gasteiger partial charge in [0.2, 0.25) is 0 Å². The summed E-state index contributed by atoms with van der Waals surface area (Å²) < 4.78 is 248. The first-order valence-corrected chi connectivity index (χ1v) is 20.3. The van der Waals surface area contributed by atoms with Crippen molar-refractivity contribution < 1.29 is 89.4 Å². The fourth-order valence-electron chi connectivity index (χ4n) is 8.69. The standard InChI is InChI=1S/C48H20F16N4O4/c49-29-21-17-9-65-45(69)13-3-1-4-14(7-13)46(70)66-10-18-23-27(35(55)43(63)39(59)31(23)51)20(28-24(18)32(52)40(60)44(64)36(28)56)12-68-48(72)16-6-2-5-15(8-16)47(71)67-11-19(25(21)33(53)41(61)37(29)57)26-22(17)30(50)38(58)42(62)34(26)54/h1-8H,9-12H2,(H,65,69)(H,66,70)(H,67,71)(H,68,72). The van der Waals surface area contributed by atoms with Crippen LogP contribution in [0.1, 0.15) is 63.7 Å². The van der Waals surface area contributed by atoms with E-state index in [2.05, 4.69) is 0 Å². The SMILES string of the molecule is O=C1NCc2c3c(F)c(F)c(F)c(F)c3c(c3c(F)c(F)c(F)c(F)c23)CNC(=O)c2cccc(c2)C(=O)NCc2c3c(F)c(F)c(F)c(F)c3c(c3c(F)c(F)c(F)c(F)c23)CNC(=O)c2cccc1c2. The quantitative estimate of drug-likeness (QED) is 0.0524. The van der Waals surface area contributed by atoms with Crippen LogP contribution < -0.4 is 21.3 Å². The Morgan fingerprint density at radius 1 is 0.250 bits per heavy atom. The van der Waals surface area contributed by atoms with Crippen molar-refractivity contribution in [2.24, 2.45) is 0 Å². The molecule has 9 rings (SSSR count). The van der Waals surface area contributed by atoms with Gasteiger partial charge in [-0.2, -0.15) is 0 Å². The molecule has 1 heterocycles. The van der Waals surface area contributed by atoms with Crippen LogP contribution in [-0.2, 0) is 26.2 Å². The highest BCUT2D eigenvalue weighted by Gasteiger charge is 2.35. The van der Waals surface area contributed by atoms with E-state index in [0.29, 0.717) is 12.1 Å². The number of hydrogen-bond acceptors (Lipinski definition) is 4. The summed E-state index contributed by atoms with van der Waals surface area (Å²) in [6, 6.07) is 7.11. The average Bonchev–Trinajstić information content (AvgIpc) is 3.38. The lowest BCUT2D eigenvalue weighted by Gasteiger charge is -2.21. The molecule has 0 radical (unpaired) electrons. The molecule has 4 amide bonds. The molecule has 8 nitrogen and oxygen atoms in total. The van der Waals surface area contributed by atoms with E-state index in [-0.39, 0.29) is 0 Å². The molecule has 0 aliphatic carbocycles. The largest absolute Gasteiger partial charge is 0.348 e. The van der Waals surface area contributed by atoms with E-state index in [1.54, 1.807) is 0 Å². The van der Waals surface area contributed by atoms with Crippen molar-refractivity contribution in [2.45, 2.75) is 26.2 Å². The van der Waals surface area contributed by atoms with Gasteiger partial charge in [0.05, 0.1) is 0 Å². The summed E-state index contributed by atoms with van der Waals surface area (Å²) in [5.41, 5.74) is -7.44. The zero-order valence-electron chi connectivity index (χ0n) is 35.1. The lowest BCUT2D eigenvalue weighted by atomic mass is 9.89. The van der Waals surface area contributed by atoms with E-state index in [4.69, 9.17) is 0 Å². The number of hydrogen-bond donors (Lipinski definition) is 4. The smallest absolute Gasteiger partial charge is 0.251 e. The molecule has 368 valence electrons. The zero-order chi connectivity index (χ0) is 52.1. The van der Waals surface area contributed by atoms with Crippen LogP contribution in [0.15, 0.2) is 48.5 Å². The molecular formula is C48H20F16N4O4. The van der Waals surface area contributed by atoms with Crippen molar-refractivity contribution in [3.63, 3.8) is 0 Å². The first-order valence-electron chi connectivity index (χ1n) is 20.3. The Morgan fingerprint density at radius 3 is 0.556 bits per heavy atom. The summed E-state index contributed by atoms with van der Waals surface area (Å²) in [5, 5.41) is -3.78. The number of carbonyl (C=O) groups is 4. The number of halogens is 16. The maximum absolute atomic E-state index is 16.0. The molecule has 0 atom stereocenters. The van der Waals surface area contributed by atoms with Gasteiger partial charge in [-0.05, 0) is 58.7 Å². The van der Waals surface area contributed by atoms with E-state index in [1.807, 2.05) is 21.3 Å². The second kappa shape index (κ2) is 17.8. The van der Waals surface area contributed by atoms with E-state index in [9.17, 15) is 19.2 Å². The molecule has 8 aromatic rings. The number of carbonyl (C=O) groups excluding carboxylic acids is 4. The Bertz CT molecular complexity index is 3190. The summed E-state index contributed by atoms with van der Waals surface area (Å²) in [4.78, 5) is 54.5. The predicted octanol–water partition coefficient (Wildman–Crippen LogP) is 10.6. The van der Waals surface area contributed by atoms with Crippen LogP contribution in [0.2, 0.25) is 0 Å². The third-order valence-electron chi connectivity index (χ3n) is 12.0. The first-order chi connectivity index (χ1) is 34.1. The molecular weight excluding hydrogens is 1000 g/mol. The molecule has 0 saturated carbocycles.